The topological polar surface area (TPSA) is 19.9 Å². The summed E-state index contributed by atoms with van der Waals surface area (Å²) in [6.07, 6.45) is 1.58. The van der Waals surface area contributed by atoms with E-state index in [1.165, 1.54) is 0 Å². The molecule has 2 heteroatoms. The van der Waals surface area contributed by atoms with Gasteiger partial charge < -0.3 is 0 Å². The highest BCUT2D eigenvalue weighted by atomic mass is 19.2. The van der Waals surface area contributed by atoms with Crippen LogP contribution in [0.25, 0.3) is 0 Å². The van der Waals surface area contributed by atoms with E-state index in [9.17, 15) is 9.50 Å². The third-order valence-corrected chi connectivity index (χ3v) is 1.31. The number of alkyl halides is 1. The zero-order chi connectivity index (χ0) is 5.49. The molecule has 0 aliphatic heterocycles. The SMILES string of the molecule is CC([O])(F)C1CC1. The normalized spacial score (nSPS) is 29.6. The molecule has 0 spiro atoms. The second-order valence-corrected chi connectivity index (χ2v) is 2.26. The maximum Gasteiger partial charge on any atom is 0.241 e. The minimum absolute atomic E-state index is 0.174. The van der Waals surface area contributed by atoms with Gasteiger partial charge in [-0.3, -0.25) is 0 Å². The summed E-state index contributed by atoms with van der Waals surface area (Å²) in [5.41, 5.74) is 0. The van der Waals surface area contributed by atoms with Crippen LogP contribution in [0.4, 0.5) is 4.39 Å². The first kappa shape index (κ1) is 5.04. The number of hydrogen-bond donors (Lipinski definition) is 0. The first-order chi connectivity index (χ1) is 3.11. The van der Waals surface area contributed by atoms with Crippen LogP contribution in [0.2, 0.25) is 0 Å². The Bertz CT molecular complexity index is 70.6. The van der Waals surface area contributed by atoms with Gasteiger partial charge in [-0.05, 0) is 19.8 Å². The zero-order valence-corrected chi connectivity index (χ0v) is 4.28. The predicted octanol–water partition coefficient (Wildman–Crippen LogP) is 1.51. The molecule has 0 amide bonds. The summed E-state index contributed by atoms with van der Waals surface area (Å²) in [6, 6.07) is 0. The molecular formula is C5H8FO. The quantitative estimate of drug-likeness (QED) is 0.479. The van der Waals surface area contributed by atoms with Crippen LogP contribution in [0.1, 0.15) is 19.8 Å². The second-order valence-electron chi connectivity index (χ2n) is 2.26. The van der Waals surface area contributed by atoms with Crippen LogP contribution in [0.15, 0.2) is 0 Å². The fourth-order valence-electron chi connectivity index (χ4n) is 0.599. The van der Waals surface area contributed by atoms with Crippen LogP contribution >= 0.6 is 0 Å². The van der Waals surface area contributed by atoms with E-state index in [-0.39, 0.29) is 5.92 Å². The second kappa shape index (κ2) is 1.19. The number of hydrogen-bond acceptors (Lipinski definition) is 0. The molecule has 7 heavy (non-hydrogen) atoms. The average Bonchev–Trinajstić information content (AvgIpc) is 1.99. The van der Waals surface area contributed by atoms with Crippen molar-refractivity contribution >= 4 is 0 Å². The fourth-order valence-corrected chi connectivity index (χ4v) is 0.599. The Balaban J connectivity index is 2.36. The van der Waals surface area contributed by atoms with E-state index in [1.54, 1.807) is 0 Å². The molecule has 1 fully saturated rings. The van der Waals surface area contributed by atoms with Gasteiger partial charge in [0.25, 0.3) is 0 Å². The van der Waals surface area contributed by atoms with Crippen LogP contribution < -0.4 is 0 Å². The van der Waals surface area contributed by atoms with Crippen molar-refractivity contribution in [2.75, 3.05) is 0 Å². The van der Waals surface area contributed by atoms with E-state index in [0.29, 0.717) is 0 Å². The molecule has 0 aromatic carbocycles. The molecule has 1 rings (SSSR count). The largest absolute Gasteiger partial charge is 0.241 e. The van der Waals surface area contributed by atoms with E-state index in [4.69, 9.17) is 0 Å². The number of rotatable bonds is 1. The molecule has 0 aromatic rings. The third kappa shape index (κ3) is 1.13. The summed E-state index contributed by atoms with van der Waals surface area (Å²) >= 11 is 0. The van der Waals surface area contributed by atoms with Gasteiger partial charge in [-0.2, -0.15) is 5.11 Å². The smallest absolute Gasteiger partial charge is 0.209 e. The van der Waals surface area contributed by atoms with Crippen molar-refractivity contribution in [1.82, 2.24) is 0 Å². The van der Waals surface area contributed by atoms with E-state index in [0.717, 1.165) is 19.8 Å². The van der Waals surface area contributed by atoms with Gasteiger partial charge in [-0.15, -0.1) is 0 Å². The Morgan fingerprint density at radius 2 is 2.14 bits per heavy atom. The van der Waals surface area contributed by atoms with Crippen LogP contribution in [-0.4, -0.2) is 5.85 Å². The summed E-state index contributed by atoms with van der Waals surface area (Å²) in [4.78, 5) is 0. The van der Waals surface area contributed by atoms with Gasteiger partial charge in [0.05, 0.1) is 0 Å². The van der Waals surface area contributed by atoms with Gasteiger partial charge in [-0.1, -0.05) is 0 Å². The lowest BCUT2D eigenvalue weighted by molar-refractivity contribution is -0.142. The van der Waals surface area contributed by atoms with Gasteiger partial charge in [0.1, 0.15) is 0 Å². The van der Waals surface area contributed by atoms with Crippen molar-refractivity contribution in [2.45, 2.75) is 25.6 Å². The Labute approximate surface area is 42.2 Å². The summed E-state index contributed by atoms with van der Waals surface area (Å²) in [5.74, 6) is -2.31. The van der Waals surface area contributed by atoms with E-state index < -0.39 is 5.85 Å². The molecule has 1 atom stereocenters. The Morgan fingerprint density at radius 3 is 2.14 bits per heavy atom. The summed E-state index contributed by atoms with van der Waals surface area (Å²) in [7, 11) is 0. The molecular weight excluding hydrogens is 95.1 g/mol. The summed E-state index contributed by atoms with van der Waals surface area (Å²) < 4.78 is 12.0. The first-order valence-electron chi connectivity index (χ1n) is 2.50. The highest BCUT2D eigenvalue weighted by molar-refractivity contribution is 4.82. The first-order valence-corrected chi connectivity index (χ1v) is 2.50. The standard InChI is InChI=1S/C5H8FO/c1-5(6,7)4-2-3-4/h4H,2-3H2,1H3. The van der Waals surface area contributed by atoms with Crippen molar-refractivity contribution in [1.29, 1.82) is 0 Å². The molecule has 0 aromatic heterocycles. The van der Waals surface area contributed by atoms with Gasteiger partial charge in [0.15, 0.2) is 0 Å². The highest BCUT2D eigenvalue weighted by Gasteiger charge is 2.41. The molecule has 1 nitrogen and oxygen atoms in total. The Kier molecular flexibility index (Phi) is 0.854. The molecule has 1 saturated carbocycles. The lowest BCUT2D eigenvalue weighted by Crippen LogP contribution is -2.16. The van der Waals surface area contributed by atoms with Crippen LogP contribution in [0.3, 0.4) is 0 Å². The maximum absolute atomic E-state index is 12.0. The summed E-state index contributed by atoms with van der Waals surface area (Å²) in [5, 5.41) is 10.2. The van der Waals surface area contributed by atoms with Gasteiger partial charge in [-0.25, -0.2) is 4.39 Å². The molecule has 1 aliphatic carbocycles. The van der Waals surface area contributed by atoms with Gasteiger partial charge in [0, 0.05) is 5.92 Å². The minimum atomic E-state index is -2.14. The van der Waals surface area contributed by atoms with Gasteiger partial charge >= 0.3 is 0 Å². The molecule has 0 heterocycles. The minimum Gasteiger partial charge on any atom is -0.209 e. The number of halogens is 1. The van der Waals surface area contributed by atoms with E-state index in [1.807, 2.05) is 0 Å². The zero-order valence-electron chi connectivity index (χ0n) is 4.28. The van der Waals surface area contributed by atoms with E-state index in [2.05, 4.69) is 0 Å². The van der Waals surface area contributed by atoms with Gasteiger partial charge in [0.2, 0.25) is 5.85 Å². The van der Waals surface area contributed by atoms with Crippen molar-refractivity contribution < 1.29 is 9.50 Å². The molecule has 0 N–H and O–H groups in total. The third-order valence-electron chi connectivity index (χ3n) is 1.31. The molecule has 0 bridgehead atoms. The predicted molar refractivity (Wildman–Crippen MR) is 22.9 cm³/mol. The fraction of sp³-hybridized carbons (Fsp3) is 1.00. The lowest BCUT2D eigenvalue weighted by atomic mass is 10.2. The Hall–Kier alpha value is -0.110. The van der Waals surface area contributed by atoms with Crippen LogP contribution in [-0.2, 0) is 5.11 Å². The molecule has 1 aliphatic rings. The molecule has 1 unspecified atom stereocenters. The van der Waals surface area contributed by atoms with Crippen molar-refractivity contribution in [3.63, 3.8) is 0 Å². The Morgan fingerprint density at radius 1 is 1.71 bits per heavy atom. The van der Waals surface area contributed by atoms with Crippen molar-refractivity contribution in [3.8, 4) is 0 Å². The van der Waals surface area contributed by atoms with Crippen molar-refractivity contribution in [2.24, 2.45) is 5.92 Å². The summed E-state index contributed by atoms with van der Waals surface area (Å²) in [6.45, 7) is 1.10. The molecule has 0 saturated heterocycles. The van der Waals surface area contributed by atoms with Crippen LogP contribution in [0.5, 0.6) is 0 Å². The molecule has 1 radical (unpaired) electrons. The highest BCUT2D eigenvalue weighted by Crippen LogP contribution is 2.40. The molecule has 41 valence electrons. The van der Waals surface area contributed by atoms with Crippen LogP contribution in [0, 0.1) is 5.92 Å². The maximum atomic E-state index is 12.0. The lowest BCUT2D eigenvalue weighted by Gasteiger charge is -2.04. The monoisotopic (exact) mass is 103 g/mol. The van der Waals surface area contributed by atoms with Crippen molar-refractivity contribution in [3.05, 3.63) is 0 Å². The average molecular weight is 103 g/mol. The van der Waals surface area contributed by atoms with E-state index >= 15 is 0 Å².